The topological polar surface area (TPSA) is 123 Å². The third-order valence-corrected chi connectivity index (χ3v) is 2.25. The molecule has 0 spiro atoms. The van der Waals surface area contributed by atoms with E-state index in [-0.39, 0.29) is 18.6 Å². The molecule has 0 bridgehead atoms. The summed E-state index contributed by atoms with van der Waals surface area (Å²) < 4.78 is 5.05. The van der Waals surface area contributed by atoms with Gasteiger partial charge < -0.3 is 20.6 Å². The zero-order chi connectivity index (χ0) is 13.7. The molecule has 0 aliphatic carbocycles. The normalized spacial score (nSPS) is 11.8. The summed E-state index contributed by atoms with van der Waals surface area (Å²) in [6.07, 6.45) is -0.176. The number of carboxylic acid groups (broad SMARTS) is 1. The lowest BCUT2D eigenvalue weighted by Crippen LogP contribution is -2.41. The van der Waals surface area contributed by atoms with E-state index < -0.39 is 23.8 Å². The number of primary amides is 1. The Kier molecular flexibility index (Phi) is 4.47. The fourth-order valence-corrected chi connectivity index (χ4v) is 1.33. The number of carbonyl (C=O) groups is 3. The molecule has 0 saturated carbocycles. The zero-order valence-electron chi connectivity index (χ0n) is 9.80. The molecule has 0 aliphatic heterocycles. The van der Waals surface area contributed by atoms with Gasteiger partial charge in [0.15, 0.2) is 5.76 Å². The lowest BCUT2D eigenvalue weighted by atomic mass is 10.1. The maximum Gasteiger partial charge on any atom is 0.326 e. The summed E-state index contributed by atoms with van der Waals surface area (Å²) in [5, 5.41) is 11.2. The third-order valence-electron chi connectivity index (χ3n) is 2.25. The highest BCUT2D eigenvalue weighted by Gasteiger charge is 2.22. The van der Waals surface area contributed by atoms with Crippen LogP contribution in [0.15, 0.2) is 16.5 Å². The number of furan rings is 1. The van der Waals surface area contributed by atoms with Gasteiger partial charge in [-0.25, -0.2) is 4.79 Å². The maximum absolute atomic E-state index is 11.6. The Balaban J connectivity index is 2.63. The standard InChI is InChI=1S/C11H14N2O5/c1-6-2-4-8(18-6)10(15)13-7(11(16)17)3-5-9(12)14/h2,4,7H,3,5H2,1H3,(H2,12,14)(H,13,15)(H,16,17)/t7-/m1/s1. The predicted octanol–water partition coefficient (Wildman–Crippen LogP) is 0.0365. The van der Waals surface area contributed by atoms with Gasteiger partial charge in [-0.3, -0.25) is 9.59 Å². The van der Waals surface area contributed by atoms with Gasteiger partial charge in [-0.15, -0.1) is 0 Å². The van der Waals surface area contributed by atoms with Gasteiger partial charge in [0.2, 0.25) is 5.91 Å². The predicted molar refractivity (Wildman–Crippen MR) is 60.8 cm³/mol. The number of carboxylic acids is 1. The van der Waals surface area contributed by atoms with Gasteiger partial charge in [0.1, 0.15) is 11.8 Å². The minimum absolute atomic E-state index is 0.0258. The molecule has 7 nitrogen and oxygen atoms in total. The molecule has 1 aromatic heterocycles. The molecule has 1 heterocycles. The summed E-state index contributed by atoms with van der Waals surface area (Å²) in [6, 6.07) is 1.86. The van der Waals surface area contributed by atoms with Crippen LogP contribution in [0, 0.1) is 6.92 Å². The van der Waals surface area contributed by atoms with Crippen LogP contribution in [0.3, 0.4) is 0 Å². The molecule has 2 amide bonds. The molecule has 7 heteroatoms. The maximum atomic E-state index is 11.6. The summed E-state index contributed by atoms with van der Waals surface area (Å²) in [4.78, 5) is 33.1. The van der Waals surface area contributed by atoms with Crippen molar-refractivity contribution in [3.05, 3.63) is 23.7 Å². The first-order chi connectivity index (χ1) is 8.40. The van der Waals surface area contributed by atoms with Crippen molar-refractivity contribution >= 4 is 17.8 Å². The highest BCUT2D eigenvalue weighted by atomic mass is 16.4. The SMILES string of the molecule is Cc1ccc(C(=O)N[C@H](CCC(N)=O)C(=O)O)o1. The van der Waals surface area contributed by atoms with Crippen molar-refractivity contribution in [2.45, 2.75) is 25.8 Å². The van der Waals surface area contributed by atoms with Crippen LogP contribution in [-0.2, 0) is 9.59 Å². The van der Waals surface area contributed by atoms with Crippen molar-refractivity contribution in [3.8, 4) is 0 Å². The van der Waals surface area contributed by atoms with E-state index in [9.17, 15) is 14.4 Å². The van der Waals surface area contributed by atoms with Crippen molar-refractivity contribution in [1.29, 1.82) is 0 Å². The number of nitrogens with two attached hydrogens (primary N) is 1. The molecule has 0 aromatic carbocycles. The Morgan fingerprint density at radius 2 is 2.11 bits per heavy atom. The molecule has 0 unspecified atom stereocenters. The van der Waals surface area contributed by atoms with E-state index in [4.69, 9.17) is 15.3 Å². The van der Waals surface area contributed by atoms with E-state index >= 15 is 0 Å². The van der Waals surface area contributed by atoms with Gasteiger partial charge in [-0.1, -0.05) is 0 Å². The van der Waals surface area contributed by atoms with E-state index in [2.05, 4.69) is 5.32 Å². The van der Waals surface area contributed by atoms with Crippen LogP contribution in [0.5, 0.6) is 0 Å². The monoisotopic (exact) mass is 254 g/mol. The summed E-state index contributed by atoms with van der Waals surface area (Å²) in [7, 11) is 0. The van der Waals surface area contributed by atoms with Crippen molar-refractivity contribution in [3.63, 3.8) is 0 Å². The average molecular weight is 254 g/mol. The second-order valence-electron chi connectivity index (χ2n) is 3.78. The Labute approximate surface area is 103 Å². The van der Waals surface area contributed by atoms with Gasteiger partial charge in [0, 0.05) is 6.42 Å². The molecule has 1 rings (SSSR count). The van der Waals surface area contributed by atoms with Crippen LogP contribution < -0.4 is 11.1 Å². The van der Waals surface area contributed by atoms with Crippen LogP contribution in [0.2, 0.25) is 0 Å². The quantitative estimate of drug-likeness (QED) is 0.661. The van der Waals surface area contributed by atoms with Crippen molar-refractivity contribution < 1.29 is 23.9 Å². The summed E-state index contributed by atoms with van der Waals surface area (Å²) >= 11 is 0. The Morgan fingerprint density at radius 3 is 2.56 bits per heavy atom. The first-order valence-corrected chi connectivity index (χ1v) is 5.28. The number of rotatable bonds is 6. The molecule has 0 aliphatic rings. The smallest absolute Gasteiger partial charge is 0.326 e. The largest absolute Gasteiger partial charge is 0.480 e. The number of hydrogen-bond donors (Lipinski definition) is 3. The van der Waals surface area contributed by atoms with Crippen LogP contribution in [0.1, 0.15) is 29.2 Å². The molecule has 1 aromatic rings. The minimum atomic E-state index is -1.23. The number of carbonyl (C=O) groups excluding carboxylic acids is 2. The van der Waals surface area contributed by atoms with E-state index in [1.165, 1.54) is 6.07 Å². The van der Waals surface area contributed by atoms with E-state index in [0.717, 1.165) is 0 Å². The van der Waals surface area contributed by atoms with Gasteiger partial charge in [-0.2, -0.15) is 0 Å². The fraction of sp³-hybridized carbons (Fsp3) is 0.364. The van der Waals surface area contributed by atoms with Crippen LogP contribution >= 0.6 is 0 Å². The number of nitrogens with one attached hydrogen (secondary N) is 1. The van der Waals surface area contributed by atoms with Gasteiger partial charge >= 0.3 is 5.97 Å². The highest BCUT2D eigenvalue weighted by molar-refractivity contribution is 5.94. The number of amides is 2. The fourth-order valence-electron chi connectivity index (χ4n) is 1.33. The highest BCUT2D eigenvalue weighted by Crippen LogP contribution is 2.07. The van der Waals surface area contributed by atoms with Crippen molar-refractivity contribution in [2.75, 3.05) is 0 Å². The van der Waals surface area contributed by atoms with Gasteiger partial charge in [0.05, 0.1) is 0 Å². The molecule has 0 saturated heterocycles. The first-order valence-electron chi connectivity index (χ1n) is 5.28. The number of aryl methyl sites for hydroxylation is 1. The molecule has 4 N–H and O–H groups in total. The molecule has 0 fully saturated rings. The summed E-state index contributed by atoms with van der Waals surface area (Å²) in [5.41, 5.74) is 4.92. The molecular formula is C11H14N2O5. The Morgan fingerprint density at radius 1 is 1.44 bits per heavy atom. The van der Waals surface area contributed by atoms with Gasteiger partial charge in [0.25, 0.3) is 5.91 Å². The van der Waals surface area contributed by atoms with Crippen molar-refractivity contribution in [1.82, 2.24) is 5.32 Å². The van der Waals surface area contributed by atoms with E-state index in [0.29, 0.717) is 5.76 Å². The summed E-state index contributed by atoms with van der Waals surface area (Å²) in [6.45, 7) is 1.67. The second kappa shape index (κ2) is 5.85. The van der Waals surface area contributed by atoms with E-state index in [1.807, 2.05) is 0 Å². The molecule has 1 atom stereocenters. The first kappa shape index (κ1) is 13.8. The second-order valence-corrected chi connectivity index (χ2v) is 3.78. The third kappa shape index (κ3) is 3.93. The Hall–Kier alpha value is -2.31. The number of aliphatic carboxylic acids is 1. The molecule has 18 heavy (non-hydrogen) atoms. The lowest BCUT2D eigenvalue weighted by molar-refractivity contribution is -0.139. The number of hydrogen-bond acceptors (Lipinski definition) is 4. The average Bonchev–Trinajstić information content (AvgIpc) is 2.70. The van der Waals surface area contributed by atoms with Crippen molar-refractivity contribution in [2.24, 2.45) is 5.73 Å². The molecule has 98 valence electrons. The van der Waals surface area contributed by atoms with Crippen LogP contribution in [0.4, 0.5) is 0 Å². The van der Waals surface area contributed by atoms with Crippen LogP contribution in [-0.4, -0.2) is 28.9 Å². The Bertz CT molecular complexity index is 466. The summed E-state index contributed by atoms with van der Waals surface area (Å²) in [5.74, 6) is -1.92. The van der Waals surface area contributed by atoms with E-state index in [1.54, 1.807) is 13.0 Å². The van der Waals surface area contributed by atoms with Crippen LogP contribution in [0.25, 0.3) is 0 Å². The zero-order valence-corrected chi connectivity index (χ0v) is 9.80. The molecular weight excluding hydrogens is 240 g/mol. The minimum Gasteiger partial charge on any atom is -0.480 e. The lowest BCUT2D eigenvalue weighted by Gasteiger charge is -2.12. The van der Waals surface area contributed by atoms with Gasteiger partial charge in [-0.05, 0) is 25.5 Å². The molecule has 0 radical (unpaired) electrons.